The number of aromatic nitrogens is 2. The maximum absolute atomic E-state index is 12.4. The summed E-state index contributed by atoms with van der Waals surface area (Å²) in [6.07, 6.45) is 1.39. The lowest BCUT2D eigenvalue weighted by molar-refractivity contribution is -0.121. The molecule has 2 N–H and O–H groups in total. The molecule has 146 valence electrons. The van der Waals surface area contributed by atoms with Crippen molar-refractivity contribution < 1.29 is 14.3 Å². The van der Waals surface area contributed by atoms with Crippen LogP contribution in [0, 0.1) is 0 Å². The minimum atomic E-state index is -0.121. The number of hydrogen-bond donors (Lipinski definition) is 2. The Morgan fingerprint density at radius 1 is 1.29 bits per heavy atom. The van der Waals surface area contributed by atoms with Crippen molar-refractivity contribution in [1.82, 2.24) is 15.1 Å². The number of hydrogen-bond acceptors (Lipinski definition) is 5. The third-order valence-corrected chi connectivity index (χ3v) is 5.70. The molecule has 1 atom stereocenters. The summed E-state index contributed by atoms with van der Waals surface area (Å²) in [4.78, 5) is 26.3. The fourth-order valence-electron chi connectivity index (χ4n) is 4.32. The lowest BCUT2D eigenvalue weighted by Crippen LogP contribution is -2.39. The molecule has 3 aliphatic heterocycles. The zero-order valence-corrected chi connectivity index (χ0v) is 15.8. The Hall–Kier alpha value is -2.87. The van der Waals surface area contributed by atoms with E-state index in [2.05, 4.69) is 16.7 Å². The second-order valence-electron chi connectivity index (χ2n) is 7.45. The fourth-order valence-corrected chi connectivity index (χ4v) is 4.32. The van der Waals surface area contributed by atoms with Gasteiger partial charge in [0.25, 0.3) is 5.91 Å². The highest BCUT2D eigenvalue weighted by Crippen LogP contribution is 2.44. The smallest absolute Gasteiger partial charge is 0.265 e. The zero-order valence-electron chi connectivity index (χ0n) is 15.8. The highest BCUT2D eigenvalue weighted by molar-refractivity contribution is 6.01. The zero-order chi connectivity index (χ0) is 19.3. The van der Waals surface area contributed by atoms with Gasteiger partial charge in [0.15, 0.2) is 6.61 Å². The maximum Gasteiger partial charge on any atom is 0.265 e. The quantitative estimate of drug-likeness (QED) is 0.825. The second-order valence-corrected chi connectivity index (χ2v) is 7.45. The molecule has 3 aliphatic rings. The third-order valence-electron chi connectivity index (χ3n) is 5.70. The summed E-state index contributed by atoms with van der Waals surface area (Å²) in [6.45, 7) is 5.20. The van der Waals surface area contributed by atoms with E-state index in [1.807, 2.05) is 23.7 Å². The van der Waals surface area contributed by atoms with Crippen molar-refractivity contribution in [3.63, 3.8) is 0 Å². The maximum atomic E-state index is 12.4. The number of ether oxygens (including phenoxy) is 1. The molecule has 8 nitrogen and oxygen atoms in total. The van der Waals surface area contributed by atoms with Gasteiger partial charge in [-0.1, -0.05) is 0 Å². The van der Waals surface area contributed by atoms with Crippen molar-refractivity contribution >= 4 is 23.2 Å². The predicted molar refractivity (Wildman–Crippen MR) is 104 cm³/mol. The number of aryl methyl sites for hydroxylation is 1. The number of nitrogens with one attached hydrogen (secondary N) is 2. The van der Waals surface area contributed by atoms with Crippen molar-refractivity contribution in [3.05, 3.63) is 35.2 Å². The van der Waals surface area contributed by atoms with Crippen LogP contribution in [0.15, 0.2) is 18.2 Å². The number of anilines is 2. The Bertz CT molecular complexity index is 943. The number of fused-ring (bicyclic) bond motifs is 3. The van der Waals surface area contributed by atoms with Crippen molar-refractivity contribution in [2.75, 3.05) is 29.9 Å². The summed E-state index contributed by atoms with van der Waals surface area (Å²) in [5.74, 6) is 0.456. The number of nitrogens with zero attached hydrogens (tertiary/aromatic N) is 3. The first-order chi connectivity index (χ1) is 13.6. The van der Waals surface area contributed by atoms with Crippen LogP contribution < -0.4 is 20.3 Å². The molecule has 1 aromatic carbocycles. The predicted octanol–water partition coefficient (Wildman–Crippen LogP) is 1.60. The molecular weight excluding hydrogens is 358 g/mol. The molecule has 5 rings (SSSR count). The molecule has 8 heteroatoms. The van der Waals surface area contributed by atoms with E-state index in [1.165, 1.54) is 0 Å². The molecule has 0 radical (unpaired) electrons. The van der Waals surface area contributed by atoms with Crippen molar-refractivity contribution in [2.45, 2.75) is 38.8 Å². The van der Waals surface area contributed by atoms with E-state index in [4.69, 9.17) is 9.84 Å². The summed E-state index contributed by atoms with van der Waals surface area (Å²) in [6, 6.07) is 5.93. The van der Waals surface area contributed by atoms with Gasteiger partial charge in [-0.05, 0) is 43.7 Å². The first kappa shape index (κ1) is 17.2. The average Bonchev–Trinajstić information content (AvgIpc) is 2.96. The molecule has 2 amide bonds. The molecule has 4 heterocycles. The van der Waals surface area contributed by atoms with Crippen molar-refractivity contribution in [1.29, 1.82) is 0 Å². The number of likely N-dealkylation sites (N-methyl/N-ethyl adjacent to an activating group) is 1. The van der Waals surface area contributed by atoms with Gasteiger partial charge < -0.3 is 20.3 Å². The molecule has 0 saturated heterocycles. The molecule has 0 saturated carbocycles. The van der Waals surface area contributed by atoms with Gasteiger partial charge in [0.2, 0.25) is 5.91 Å². The Kier molecular flexibility index (Phi) is 4.08. The van der Waals surface area contributed by atoms with Crippen LogP contribution in [-0.4, -0.2) is 41.3 Å². The fraction of sp³-hybridized carbons (Fsp3) is 0.450. The average molecular weight is 381 g/mol. The van der Waals surface area contributed by atoms with Crippen LogP contribution in [0.3, 0.4) is 0 Å². The molecule has 0 aliphatic carbocycles. The van der Waals surface area contributed by atoms with Gasteiger partial charge in [-0.3, -0.25) is 14.3 Å². The van der Waals surface area contributed by atoms with Crippen LogP contribution in [-0.2, 0) is 22.7 Å². The molecule has 2 aromatic rings. The number of benzene rings is 1. The highest BCUT2D eigenvalue weighted by atomic mass is 16.5. The minimum absolute atomic E-state index is 0.0372. The van der Waals surface area contributed by atoms with Gasteiger partial charge in [-0.2, -0.15) is 5.10 Å². The second kappa shape index (κ2) is 6.63. The Morgan fingerprint density at radius 3 is 3.04 bits per heavy atom. The van der Waals surface area contributed by atoms with E-state index < -0.39 is 0 Å². The standard InChI is InChI=1S/C20H23N5O3/c1-2-24-17-9-15-13(7-18(17)28-11-20(24)27)14(8-19(26)22-15)16-6-12-10-21-4-3-5-25(12)23-16/h6-7,9,14,21H,2-5,8,10-11H2,1H3,(H,22,26). The molecule has 0 bridgehead atoms. The summed E-state index contributed by atoms with van der Waals surface area (Å²) >= 11 is 0. The molecule has 28 heavy (non-hydrogen) atoms. The Morgan fingerprint density at radius 2 is 2.18 bits per heavy atom. The molecule has 1 aromatic heterocycles. The first-order valence-electron chi connectivity index (χ1n) is 9.82. The van der Waals surface area contributed by atoms with Crippen LogP contribution in [0.2, 0.25) is 0 Å². The third kappa shape index (κ3) is 2.75. The molecular formula is C20H23N5O3. The van der Waals surface area contributed by atoms with Crippen molar-refractivity contribution in [3.8, 4) is 5.75 Å². The summed E-state index contributed by atoms with van der Waals surface area (Å²) in [7, 11) is 0. The Labute approximate surface area is 162 Å². The number of carbonyl (C=O) groups excluding carboxylic acids is 2. The van der Waals surface area contributed by atoms with E-state index >= 15 is 0 Å². The van der Waals surface area contributed by atoms with Gasteiger partial charge in [0, 0.05) is 37.7 Å². The lowest BCUT2D eigenvalue weighted by atomic mass is 9.87. The van der Waals surface area contributed by atoms with E-state index in [1.54, 1.807) is 4.90 Å². The van der Waals surface area contributed by atoms with E-state index in [-0.39, 0.29) is 24.3 Å². The largest absolute Gasteiger partial charge is 0.482 e. The number of amides is 2. The van der Waals surface area contributed by atoms with Gasteiger partial charge in [-0.15, -0.1) is 0 Å². The van der Waals surface area contributed by atoms with Crippen LogP contribution in [0.5, 0.6) is 5.75 Å². The van der Waals surface area contributed by atoms with E-state index in [0.717, 1.165) is 48.7 Å². The van der Waals surface area contributed by atoms with Gasteiger partial charge >= 0.3 is 0 Å². The van der Waals surface area contributed by atoms with Crippen LogP contribution in [0.25, 0.3) is 0 Å². The van der Waals surface area contributed by atoms with Gasteiger partial charge in [0.05, 0.1) is 17.1 Å². The van der Waals surface area contributed by atoms with Gasteiger partial charge in [0.1, 0.15) is 5.75 Å². The number of rotatable bonds is 2. The van der Waals surface area contributed by atoms with Crippen LogP contribution in [0.4, 0.5) is 11.4 Å². The Balaban J connectivity index is 1.58. The first-order valence-corrected chi connectivity index (χ1v) is 9.82. The molecule has 0 spiro atoms. The molecule has 0 fully saturated rings. The minimum Gasteiger partial charge on any atom is -0.482 e. The topological polar surface area (TPSA) is 88.5 Å². The number of carbonyl (C=O) groups is 2. The normalized spacial score (nSPS) is 21.2. The summed E-state index contributed by atoms with van der Waals surface area (Å²) in [5, 5.41) is 11.2. The summed E-state index contributed by atoms with van der Waals surface area (Å²) in [5.41, 5.74) is 4.50. The monoisotopic (exact) mass is 381 g/mol. The SMILES string of the molecule is CCN1C(=O)COc2cc3c(cc21)NC(=O)CC3c1cc2n(n1)CCCNC2. The highest BCUT2D eigenvalue weighted by Gasteiger charge is 2.33. The van der Waals surface area contributed by atoms with E-state index in [0.29, 0.717) is 24.4 Å². The summed E-state index contributed by atoms with van der Waals surface area (Å²) < 4.78 is 7.75. The van der Waals surface area contributed by atoms with E-state index in [9.17, 15) is 9.59 Å². The lowest BCUT2D eigenvalue weighted by Gasteiger charge is -2.32. The van der Waals surface area contributed by atoms with Gasteiger partial charge in [-0.25, -0.2) is 0 Å². The van der Waals surface area contributed by atoms with Crippen LogP contribution in [0.1, 0.15) is 42.6 Å². The van der Waals surface area contributed by atoms with Crippen LogP contribution >= 0.6 is 0 Å². The molecule has 1 unspecified atom stereocenters. The van der Waals surface area contributed by atoms with Crippen molar-refractivity contribution in [2.24, 2.45) is 0 Å².